The van der Waals surface area contributed by atoms with Crippen molar-refractivity contribution in [3.8, 4) is 5.75 Å². The Bertz CT molecular complexity index is 1140. The summed E-state index contributed by atoms with van der Waals surface area (Å²) in [6, 6.07) is 16.7. The number of amides is 1. The molecule has 2 heterocycles. The molecule has 4 rings (SSSR count). The Labute approximate surface area is 201 Å². The molecule has 33 heavy (non-hydrogen) atoms. The van der Waals surface area contributed by atoms with Crippen LogP contribution in [0.15, 0.2) is 54.7 Å². The number of primary amides is 1. The van der Waals surface area contributed by atoms with Gasteiger partial charge in [-0.15, -0.1) is 0 Å². The van der Waals surface area contributed by atoms with Gasteiger partial charge in [0.2, 0.25) is 5.91 Å². The van der Waals surface area contributed by atoms with Crippen LogP contribution in [0.5, 0.6) is 5.75 Å². The number of ether oxygens (including phenoxy) is 1. The summed E-state index contributed by atoms with van der Waals surface area (Å²) in [6.07, 6.45) is 3.66. The zero-order chi connectivity index (χ0) is 23.6. The molecule has 2 aromatic carbocycles. The molecule has 1 amide bonds. The molecule has 1 fully saturated rings. The van der Waals surface area contributed by atoms with E-state index in [0.717, 1.165) is 59.7 Å². The van der Waals surface area contributed by atoms with Crippen LogP contribution in [0.25, 0.3) is 10.9 Å². The molecule has 1 aliphatic rings. The normalized spacial score (nSPS) is 15.1. The molecule has 0 unspecified atom stereocenters. The third-order valence-corrected chi connectivity index (χ3v) is 7.00. The average Bonchev–Trinajstić information content (AvgIpc) is 3.17. The summed E-state index contributed by atoms with van der Waals surface area (Å²) >= 11 is 5.88. The quantitative estimate of drug-likeness (QED) is 0.529. The summed E-state index contributed by atoms with van der Waals surface area (Å²) in [5.41, 5.74) is 9.12. The van der Waals surface area contributed by atoms with Gasteiger partial charge in [0.05, 0.1) is 6.54 Å². The lowest BCUT2D eigenvalue weighted by Crippen LogP contribution is -2.41. The third-order valence-electron chi connectivity index (χ3n) is 6.52. The number of aromatic nitrogens is 1. The van der Waals surface area contributed by atoms with Gasteiger partial charge in [0.1, 0.15) is 17.3 Å². The molecule has 0 radical (unpaired) electrons. The number of likely N-dealkylation sites (tertiary alicyclic amines) is 1. The highest BCUT2D eigenvalue weighted by atomic mass is 32.1. The number of para-hydroxylation sites is 1. The van der Waals surface area contributed by atoms with Crippen molar-refractivity contribution in [1.29, 1.82) is 0 Å². The summed E-state index contributed by atoms with van der Waals surface area (Å²) in [6.45, 7) is 9.46. The van der Waals surface area contributed by atoms with Gasteiger partial charge in [-0.1, -0.05) is 63.3 Å². The van der Waals surface area contributed by atoms with Gasteiger partial charge in [-0.25, -0.2) is 0 Å². The topological polar surface area (TPSA) is 60.5 Å². The summed E-state index contributed by atoms with van der Waals surface area (Å²) in [7, 11) is 0. The predicted molar refractivity (Wildman–Crippen MR) is 138 cm³/mol. The van der Waals surface area contributed by atoms with Crippen molar-refractivity contribution >= 4 is 34.0 Å². The minimum Gasteiger partial charge on any atom is -0.492 e. The number of nitrogens with zero attached hydrogens (tertiary/aromatic N) is 2. The number of rotatable bonds is 6. The molecule has 0 atom stereocenters. The van der Waals surface area contributed by atoms with E-state index >= 15 is 0 Å². The predicted octanol–water partition coefficient (Wildman–Crippen LogP) is 4.89. The fourth-order valence-electron chi connectivity index (χ4n) is 4.45. The highest BCUT2D eigenvalue weighted by Gasteiger charge is 2.26. The summed E-state index contributed by atoms with van der Waals surface area (Å²) in [5.74, 6) is 0.637. The summed E-state index contributed by atoms with van der Waals surface area (Å²) in [4.78, 5) is 14.5. The number of nitrogens with two attached hydrogens (primary N) is 1. The summed E-state index contributed by atoms with van der Waals surface area (Å²) in [5, 5.41) is 1.15. The zero-order valence-electron chi connectivity index (χ0n) is 19.7. The smallest absolute Gasteiger partial charge is 0.220 e. The van der Waals surface area contributed by atoms with Gasteiger partial charge in [0, 0.05) is 41.7 Å². The highest BCUT2D eigenvalue weighted by molar-refractivity contribution is 7.80. The number of carbonyl (C=O) groups excluding carboxylic acids is 1. The van der Waals surface area contributed by atoms with Crippen molar-refractivity contribution in [1.82, 2.24) is 9.47 Å². The minimum atomic E-state index is -0.204. The van der Waals surface area contributed by atoms with Crippen molar-refractivity contribution in [2.75, 3.05) is 19.7 Å². The van der Waals surface area contributed by atoms with E-state index in [9.17, 15) is 4.79 Å². The Morgan fingerprint density at radius 1 is 1.09 bits per heavy atom. The fourth-order valence-corrected chi connectivity index (χ4v) is 4.80. The molecule has 0 bridgehead atoms. The molecule has 2 N–H and O–H groups in total. The monoisotopic (exact) mass is 463 g/mol. The Kier molecular flexibility index (Phi) is 6.75. The Balaban J connectivity index is 1.45. The first-order valence-corrected chi connectivity index (χ1v) is 12.0. The number of carbonyl (C=O) groups is 1. The van der Waals surface area contributed by atoms with Crippen LogP contribution in [0.1, 0.15) is 44.7 Å². The van der Waals surface area contributed by atoms with Crippen LogP contribution in [0.4, 0.5) is 0 Å². The van der Waals surface area contributed by atoms with Crippen molar-refractivity contribution < 1.29 is 9.53 Å². The van der Waals surface area contributed by atoms with Gasteiger partial charge in [-0.3, -0.25) is 4.79 Å². The molecule has 1 aromatic heterocycles. The number of piperidine rings is 1. The number of fused-ring (bicyclic) bond motifs is 1. The van der Waals surface area contributed by atoms with E-state index in [-0.39, 0.29) is 17.2 Å². The maximum absolute atomic E-state index is 11.5. The van der Waals surface area contributed by atoms with Gasteiger partial charge in [0.15, 0.2) is 0 Å². The minimum absolute atomic E-state index is 0.0417. The van der Waals surface area contributed by atoms with E-state index in [0.29, 0.717) is 6.61 Å². The molecular formula is C27H33N3O2S. The average molecular weight is 464 g/mol. The first-order valence-electron chi connectivity index (χ1n) is 11.6. The van der Waals surface area contributed by atoms with E-state index in [2.05, 4.69) is 66.8 Å². The molecule has 5 nitrogen and oxygen atoms in total. The lowest BCUT2D eigenvalue weighted by molar-refractivity contribution is -0.122. The van der Waals surface area contributed by atoms with Crippen molar-refractivity contribution in [3.63, 3.8) is 0 Å². The molecule has 0 aliphatic carbocycles. The van der Waals surface area contributed by atoms with Gasteiger partial charge in [-0.2, -0.15) is 0 Å². The number of hydrogen-bond acceptors (Lipinski definition) is 3. The van der Waals surface area contributed by atoms with Crippen molar-refractivity contribution in [2.24, 2.45) is 11.7 Å². The maximum Gasteiger partial charge on any atom is 0.220 e. The zero-order valence-corrected chi connectivity index (χ0v) is 20.5. The standard InChI is InChI=1S/C27H33N3O2S/c1-27(2,3)20-8-10-21(11-9-20)32-17-16-30-18-23(22-6-4-5-7-24(22)30)26(33)29-14-12-19(13-15-29)25(28)31/h4-11,18-19H,12-17H2,1-3H3,(H2,28,31). The van der Waals surface area contributed by atoms with Crippen LogP contribution in [-0.2, 0) is 16.8 Å². The van der Waals surface area contributed by atoms with Crippen LogP contribution >= 0.6 is 12.2 Å². The number of hydrogen-bond donors (Lipinski definition) is 1. The van der Waals surface area contributed by atoms with Crippen molar-refractivity contribution in [2.45, 2.75) is 45.6 Å². The second kappa shape index (κ2) is 9.56. The fraction of sp³-hybridized carbons (Fsp3) is 0.407. The SMILES string of the molecule is CC(C)(C)c1ccc(OCCn2cc(C(=S)N3CCC(C(N)=O)CC3)c3ccccc32)cc1. The number of benzene rings is 2. The lowest BCUT2D eigenvalue weighted by atomic mass is 9.87. The molecule has 1 aliphatic heterocycles. The lowest BCUT2D eigenvalue weighted by Gasteiger charge is -2.32. The Morgan fingerprint density at radius 3 is 2.39 bits per heavy atom. The van der Waals surface area contributed by atoms with E-state index in [1.165, 1.54) is 5.56 Å². The molecular weight excluding hydrogens is 430 g/mol. The van der Waals surface area contributed by atoms with E-state index < -0.39 is 0 Å². The molecule has 174 valence electrons. The first-order chi connectivity index (χ1) is 15.7. The Morgan fingerprint density at radius 2 is 1.76 bits per heavy atom. The van der Waals surface area contributed by atoms with E-state index in [1.54, 1.807) is 0 Å². The first kappa shape index (κ1) is 23.3. The van der Waals surface area contributed by atoms with Gasteiger partial charge >= 0.3 is 0 Å². The van der Waals surface area contributed by atoms with E-state index in [1.807, 2.05) is 18.2 Å². The van der Waals surface area contributed by atoms with Gasteiger partial charge in [-0.05, 0) is 42.0 Å². The van der Waals surface area contributed by atoms with Crippen LogP contribution in [0, 0.1) is 5.92 Å². The molecule has 0 spiro atoms. The van der Waals surface area contributed by atoms with Crippen LogP contribution < -0.4 is 10.5 Å². The molecule has 1 saturated heterocycles. The molecule has 3 aromatic rings. The maximum atomic E-state index is 11.5. The number of thiocarbonyl (C=S) groups is 1. The van der Waals surface area contributed by atoms with Gasteiger partial charge < -0.3 is 19.9 Å². The van der Waals surface area contributed by atoms with Crippen LogP contribution in [0.3, 0.4) is 0 Å². The Hall–Kier alpha value is -2.86. The highest BCUT2D eigenvalue weighted by Crippen LogP contribution is 2.27. The largest absolute Gasteiger partial charge is 0.492 e. The van der Waals surface area contributed by atoms with Gasteiger partial charge in [0.25, 0.3) is 0 Å². The van der Waals surface area contributed by atoms with E-state index in [4.69, 9.17) is 22.7 Å². The molecule has 6 heteroatoms. The summed E-state index contributed by atoms with van der Waals surface area (Å²) < 4.78 is 8.26. The third kappa shape index (κ3) is 5.22. The molecule has 0 saturated carbocycles. The van der Waals surface area contributed by atoms with Crippen molar-refractivity contribution in [3.05, 3.63) is 65.9 Å². The van der Waals surface area contributed by atoms with Crippen LogP contribution in [0.2, 0.25) is 0 Å². The second-order valence-corrected chi connectivity index (χ2v) is 10.2. The second-order valence-electron chi connectivity index (χ2n) is 9.85. The van der Waals surface area contributed by atoms with Crippen LogP contribution in [-0.4, -0.2) is 40.1 Å².